The monoisotopic (exact) mass is 401 g/mol. The molecule has 0 saturated heterocycles. The number of carbonyl (C=O) groups is 1. The summed E-state index contributed by atoms with van der Waals surface area (Å²) in [5.74, 6) is 1.62. The minimum Gasteiger partial charge on any atom is -0.497 e. The van der Waals surface area contributed by atoms with E-state index in [1.54, 1.807) is 62.0 Å². The third kappa shape index (κ3) is 4.30. The van der Waals surface area contributed by atoms with Crippen LogP contribution in [0.1, 0.15) is 15.9 Å². The first kappa shape index (κ1) is 19.2. The molecule has 0 spiro atoms. The van der Waals surface area contributed by atoms with Gasteiger partial charge >= 0.3 is 6.01 Å². The third-order valence-electron chi connectivity index (χ3n) is 4.41. The zero-order valence-electron chi connectivity index (χ0n) is 16.5. The van der Waals surface area contributed by atoms with Crippen molar-refractivity contribution in [1.82, 2.24) is 9.97 Å². The quantitative estimate of drug-likeness (QED) is 0.484. The SMILES string of the molecule is COc1ccc(C(=O)Nc2ccc(C)c(Oc3nccc(-c4ccco4)n3)c2)cc1. The summed E-state index contributed by atoms with van der Waals surface area (Å²) < 4.78 is 16.4. The molecule has 4 aromatic rings. The Morgan fingerprint density at radius 1 is 1.07 bits per heavy atom. The summed E-state index contributed by atoms with van der Waals surface area (Å²) in [6.45, 7) is 1.90. The van der Waals surface area contributed by atoms with E-state index in [0.717, 1.165) is 5.56 Å². The maximum atomic E-state index is 12.5. The number of aryl methyl sites for hydroxylation is 1. The Balaban J connectivity index is 1.52. The van der Waals surface area contributed by atoms with E-state index in [0.29, 0.717) is 34.2 Å². The van der Waals surface area contributed by atoms with Crippen molar-refractivity contribution in [2.24, 2.45) is 0 Å². The Morgan fingerprint density at radius 2 is 1.90 bits per heavy atom. The van der Waals surface area contributed by atoms with Crippen LogP contribution in [0.4, 0.5) is 5.69 Å². The van der Waals surface area contributed by atoms with E-state index in [-0.39, 0.29) is 11.9 Å². The average molecular weight is 401 g/mol. The molecule has 0 radical (unpaired) electrons. The minimum absolute atomic E-state index is 0.186. The molecule has 0 fully saturated rings. The van der Waals surface area contributed by atoms with Crippen LogP contribution >= 0.6 is 0 Å². The van der Waals surface area contributed by atoms with Crippen molar-refractivity contribution in [3.8, 4) is 29.0 Å². The van der Waals surface area contributed by atoms with Crippen LogP contribution in [-0.2, 0) is 0 Å². The van der Waals surface area contributed by atoms with Crippen LogP contribution in [0.5, 0.6) is 17.5 Å². The Hall–Kier alpha value is -4.13. The van der Waals surface area contributed by atoms with Crippen molar-refractivity contribution < 1.29 is 18.7 Å². The molecule has 0 aliphatic rings. The maximum Gasteiger partial charge on any atom is 0.322 e. The first-order chi connectivity index (χ1) is 14.6. The number of nitrogens with one attached hydrogen (secondary N) is 1. The lowest BCUT2D eigenvalue weighted by Crippen LogP contribution is -2.11. The van der Waals surface area contributed by atoms with E-state index in [1.165, 1.54) is 0 Å². The van der Waals surface area contributed by atoms with Gasteiger partial charge in [0.05, 0.1) is 13.4 Å². The Kier molecular flexibility index (Phi) is 5.43. The highest BCUT2D eigenvalue weighted by Crippen LogP contribution is 2.28. The fraction of sp³-hybridized carbons (Fsp3) is 0.0870. The molecule has 0 saturated carbocycles. The predicted octanol–water partition coefficient (Wildman–Crippen LogP) is 5.10. The molecule has 0 aliphatic heterocycles. The van der Waals surface area contributed by atoms with Gasteiger partial charge in [0.1, 0.15) is 17.2 Å². The van der Waals surface area contributed by atoms with Crippen molar-refractivity contribution in [2.45, 2.75) is 6.92 Å². The second-order valence-corrected chi connectivity index (χ2v) is 6.47. The standard InChI is InChI=1S/C23H19N3O4/c1-15-5-8-17(25-22(27)16-6-9-18(28-2)10-7-16)14-21(15)30-23-24-12-11-19(26-23)20-4-3-13-29-20/h3-14H,1-2H3,(H,25,27). The van der Waals surface area contributed by atoms with E-state index in [1.807, 2.05) is 25.1 Å². The van der Waals surface area contributed by atoms with Gasteiger partial charge in [0.2, 0.25) is 0 Å². The molecular weight excluding hydrogens is 382 g/mol. The summed E-state index contributed by atoms with van der Waals surface area (Å²) in [5.41, 5.74) is 2.61. The predicted molar refractivity (Wildman–Crippen MR) is 112 cm³/mol. The Bertz CT molecular complexity index is 1160. The maximum absolute atomic E-state index is 12.5. The van der Waals surface area contributed by atoms with Gasteiger partial charge in [0.15, 0.2) is 5.76 Å². The van der Waals surface area contributed by atoms with Gasteiger partial charge in [0, 0.05) is 23.5 Å². The lowest BCUT2D eigenvalue weighted by Gasteiger charge is -2.11. The van der Waals surface area contributed by atoms with Crippen molar-refractivity contribution >= 4 is 11.6 Å². The topological polar surface area (TPSA) is 86.5 Å². The van der Waals surface area contributed by atoms with E-state index >= 15 is 0 Å². The number of methoxy groups -OCH3 is 1. The number of amides is 1. The Morgan fingerprint density at radius 3 is 2.63 bits per heavy atom. The summed E-state index contributed by atoms with van der Waals surface area (Å²) in [6.07, 6.45) is 3.18. The molecular formula is C23H19N3O4. The van der Waals surface area contributed by atoms with Crippen LogP contribution in [0, 0.1) is 6.92 Å². The first-order valence-corrected chi connectivity index (χ1v) is 9.23. The highest BCUT2D eigenvalue weighted by molar-refractivity contribution is 6.04. The van der Waals surface area contributed by atoms with E-state index < -0.39 is 0 Å². The van der Waals surface area contributed by atoms with Gasteiger partial charge in [-0.3, -0.25) is 4.79 Å². The van der Waals surface area contributed by atoms with E-state index in [2.05, 4.69) is 15.3 Å². The summed E-state index contributed by atoms with van der Waals surface area (Å²) in [5, 5.41) is 2.87. The molecule has 0 bridgehead atoms. The summed E-state index contributed by atoms with van der Waals surface area (Å²) in [7, 11) is 1.58. The molecule has 1 amide bonds. The first-order valence-electron chi connectivity index (χ1n) is 9.23. The number of benzene rings is 2. The highest BCUT2D eigenvalue weighted by Gasteiger charge is 2.11. The number of hydrogen-bond donors (Lipinski definition) is 1. The number of nitrogens with zero attached hydrogens (tertiary/aromatic N) is 2. The zero-order valence-corrected chi connectivity index (χ0v) is 16.5. The number of anilines is 1. The van der Waals surface area contributed by atoms with Gasteiger partial charge in [-0.15, -0.1) is 0 Å². The lowest BCUT2D eigenvalue weighted by molar-refractivity contribution is 0.102. The van der Waals surface area contributed by atoms with Crippen LogP contribution in [0.2, 0.25) is 0 Å². The lowest BCUT2D eigenvalue weighted by atomic mass is 10.1. The van der Waals surface area contributed by atoms with Crippen LogP contribution in [-0.4, -0.2) is 23.0 Å². The molecule has 0 aliphatic carbocycles. The van der Waals surface area contributed by atoms with Gasteiger partial charge in [0.25, 0.3) is 5.91 Å². The number of hydrogen-bond acceptors (Lipinski definition) is 6. The third-order valence-corrected chi connectivity index (χ3v) is 4.41. The summed E-state index contributed by atoms with van der Waals surface area (Å²) in [6, 6.07) is 17.8. The molecule has 2 heterocycles. The van der Waals surface area contributed by atoms with E-state index in [4.69, 9.17) is 13.9 Å². The van der Waals surface area contributed by atoms with Crippen LogP contribution < -0.4 is 14.8 Å². The number of rotatable bonds is 6. The smallest absolute Gasteiger partial charge is 0.322 e. The largest absolute Gasteiger partial charge is 0.497 e. The van der Waals surface area contributed by atoms with Gasteiger partial charge < -0.3 is 19.2 Å². The molecule has 4 rings (SSSR count). The number of furan rings is 1. The van der Waals surface area contributed by atoms with Gasteiger partial charge in [-0.05, 0) is 61.0 Å². The minimum atomic E-state index is -0.233. The van der Waals surface area contributed by atoms with Gasteiger partial charge in [-0.25, -0.2) is 4.98 Å². The zero-order chi connectivity index (χ0) is 20.9. The molecule has 7 heteroatoms. The molecule has 7 nitrogen and oxygen atoms in total. The van der Waals surface area contributed by atoms with Crippen LogP contribution in [0.25, 0.3) is 11.5 Å². The fourth-order valence-electron chi connectivity index (χ4n) is 2.78. The molecule has 2 aromatic heterocycles. The summed E-state index contributed by atoms with van der Waals surface area (Å²) >= 11 is 0. The van der Waals surface area contributed by atoms with Crippen molar-refractivity contribution in [2.75, 3.05) is 12.4 Å². The van der Waals surface area contributed by atoms with Gasteiger partial charge in [-0.1, -0.05) is 6.07 Å². The molecule has 150 valence electrons. The Labute approximate surface area is 173 Å². The van der Waals surface area contributed by atoms with Crippen LogP contribution in [0.3, 0.4) is 0 Å². The van der Waals surface area contributed by atoms with Crippen molar-refractivity contribution in [1.29, 1.82) is 0 Å². The fourth-order valence-corrected chi connectivity index (χ4v) is 2.78. The number of carbonyl (C=O) groups excluding carboxylic acids is 1. The normalized spacial score (nSPS) is 10.5. The highest BCUT2D eigenvalue weighted by atomic mass is 16.5. The second-order valence-electron chi connectivity index (χ2n) is 6.47. The average Bonchev–Trinajstić information content (AvgIpc) is 3.31. The molecule has 0 unspecified atom stereocenters. The molecule has 30 heavy (non-hydrogen) atoms. The van der Waals surface area contributed by atoms with Gasteiger partial charge in [-0.2, -0.15) is 4.98 Å². The van der Waals surface area contributed by atoms with Crippen LogP contribution in [0.15, 0.2) is 77.5 Å². The van der Waals surface area contributed by atoms with E-state index in [9.17, 15) is 4.79 Å². The number of ether oxygens (including phenoxy) is 2. The molecule has 2 aromatic carbocycles. The van der Waals surface area contributed by atoms with Crippen molar-refractivity contribution in [3.05, 3.63) is 84.3 Å². The molecule has 1 N–H and O–H groups in total. The summed E-state index contributed by atoms with van der Waals surface area (Å²) in [4.78, 5) is 21.1. The molecule has 0 atom stereocenters. The number of aromatic nitrogens is 2. The second kappa shape index (κ2) is 8.48. The van der Waals surface area contributed by atoms with Crippen molar-refractivity contribution in [3.63, 3.8) is 0 Å².